The smallest absolute Gasteiger partial charge is 0.237 e. The highest BCUT2D eigenvalue weighted by atomic mass is 32.2. The number of aryl methyl sites for hydroxylation is 1. The predicted molar refractivity (Wildman–Crippen MR) is 111 cm³/mol. The van der Waals surface area contributed by atoms with Crippen molar-refractivity contribution in [3.63, 3.8) is 0 Å². The number of amides is 1. The maximum Gasteiger partial charge on any atom is 0.237 e. The molecular formula is C19H24N4O3S2. The van der Waals surface area contributed by atoms with Crippen LogP contribution in [-0.2, 0) is 21.2 Å². The Hall–Kier alpha value is -2.13. The number of hydrogen-bond acceptors (Lipinski definition) is 6. The van der Waals surface area contributed by atoms with E-state index in [1.807, 2.05) is 42.7 Å². The molecule has 3 rings (SSSR count). The number of benzene rings is 1. The Bertz CT molecular complexity index is 985. The number of aromatic nitrogens is 3. The third-order valence-electron chi connectivity index (χ3n) is 4.71. The number of para-hydroxylation sites is 1. The van der Waals surface area contributed by atoms with Gasteiger partial charge in [-0.2, -0.15) is 0 Å². The van der Waals surface area contributed by atoms with Gasteiger partial charge in [0, 0.05) is 18.2 Å². The minimum absolute atomic E-state index is 0.0935. The Balaban J connectivity index is 1.75. The highest BCUT2D eigenvalue weighted by Gasteiger charge is 2.33. The van der Waals surface area contributed by atoms with Crippen LogP contribution in [0.1, 0.15) is 30.7 Å². The first-order chi connectivity index (χ1) is 13.3. The molecule has 1 N–H and O–H groups in total. The van der Waals surface area contributed by atoms with Crippen molar-refractivity contribution in [1.29, 1.82) is 0 Å². The Morgan fingerprint density at radius 1 is 1.43 bits per heavy atom. The number of sulfone groups is 1. The topological polar surface area (TPSA) is 93.9 Å². The number of nitrogens with one attached hydrogen (secondary N) is 1. The number of allylic oxidation sites excluding steroid dienone is 1. The van der Waals surface area contributed by atoms with Crippen LogP contribution in [0.3, 0.4) is 0 Å². The molecule has 0 unspecified atom stereocenters. The molecule has 0 saturated carbocycles. The van der Waals surface area contributed by atoms with Crippen LogP contribution < -0.4 is 5.32 Å². The van der Waals surface area contributed by atoms with E-state index in [0.717, 1.165) is 11.3 Å². The molecule has 9 heteroatoms. The fraction of sp³-hybridized carbons (Fsp3) is 0.421. The summed E-state index contributed by atoms with van der Waals surface area (Å²) < 4.78 is 25.5. The summed E-state index contributed by atoms with van der Waals surface area (Å²) in [5.74, 6) is 0.627. The molecule has 7 nitrogen and oxygen atoms in total. The third-order valence-corrected chi connectivity index (χ3v) is 7.56. The molecule has 2 aromatic rings. The summed E-state index contributed by atoms with van der Waals surface area (Å²) in [4.78, 5) is 12.6. The van der Waals surface area contributed by atoms with Crippen LogP contribution in [0.25, 0.3) is 0 Å². The van der Waals surface area contributed by atoms with Crippen molar-refractivity contribution in [2.75, 3.05) is 16.8 Å². The fourth-order valence-corrected chi connectivity index (χ4v) is 5.75. The molecule has 1 aromatic carbocycles. The minimum Gasteiger partial charge on any atom is -0.325 e. The number of rotatable bonds is 7. The molecule has 1 fully saturated rings. The molecule has 2 atom stereocenters. The van der Waals surface area contributed by atoms with E-state index in [9.17, 15) is 13.2 Å². The Morgan fingerprint density at radius 3 is 2.82 bits per heavy atom. The maximum absolute atomic E-state index is 12.6. The average Bonchev–Trinajstić information content (AvgIpc) is 3.20. The number of nitrogens with zero attached hydrogens (tertiary/aromatic N) is 3. The molecule has 1 amide bonds. The summed E-state index contributed by atoms with van der Waals surface area (Å²) in [5.41, 5.74) is 1.77. The highest BCUT2D eigenvalue weighted by Crippen LogP contribution is 2.31. The van der Waals surface area contributed by atoms with Gasteiger partial charge in [-0.15, -0.1) is 16.8 Å². The van der Waals surface area contributed by atoms with Crippen LogP contribution in [0.2, 0.25) is 0 Å². The lowest BCUT2D eigenvalue weighted by Gasteiger charge is -2.15. The van der Waals surface area contributed by atoms with Crippen molar-refractivity contribution < 1.29 is 13.2 Å². The predicted octanol–water partition coefficient (Wildman–Crippen LogP) is 2.79. The number of anilines is 1. The normalized spacial score (nSPS) is 19.3. The molecule has 28 heavy (non-hydrogen) atoms. The quantitative estimate of drug-likeness (QED) is 0.547. The largest absolute Gasteiger partial charge is 0.325 e. The van der Waals surface area contributed by atoms with Crippen molar-refractivity contribution in [2.24, 2.45) is 0 Å². The van der Waals surface area contributed by atoms with Gasteiger partial charge in [0.2, 0.25) is 5.91 Å². The van der Waals surface area contributed by atoms with E-state index >= 15 is 0 Å². The van der Waals surface area contributed by atoms with E-state index in [1.165, 1.54) is 11.8 Å². The maximum atomic E-state index is 12.6. The monoisotopic (exact) mass is 420 g/mol. The van der Waals surface area contributed by atoms with Crippen LogP contribution in [0.4, 0.5) is 5.69 Å². The molecule has 1 aromatic heterocycles. The lowest BCUT2D eigenvalue weighted by Crippen LogP contribution is -2.23. The fourth-order valence-electron chi connectivity index (χ4n) is 3.15. The molecule has 0 spiro atoms. The summed E-state index contributed by atoms with van der Waals surface area (Å²) in [6.45, 7) is 7.99. The lowest BCUT2D eigenvalue weighted by atomic mass is 10.1. The number of thioether (sulfide) groups is 1. The van der Waals surface area contributed by atoms with E-state index in [2.05, 4.69) is 22.1 Å². The van der Waals surface area contributed by atoms with Gasteiger partial charge in [-0.3, -0.25) is 4.79 Å². The van der Waals surface area contributed by atoms with E-state index in [1.54, 1.807) is 6.08 Å². The van der Waals surface area contributed by atoms with Crippen LogP contribution in [0.5, 0.6) is 0 Å². The summed E-state index contributed by atoms with van der Waals surface area (Å²) in [6, 6.07) is 7.61. The van der Waals surface area contributed by atoms with Crippen LogP contribution in [0, 0.1) is 6.92 Å². The average molecular weight is 421 g/mol. The SMILES string of the molecule is C=CCn1c(S[C@H](C)C(=O)Nc2ccccc2C)nnc1[C@H]1CCS(=O)(=O)C1. The van der Waals surface area contributed by atoms with Crippen LogP contribution >= 0.6 is 11.8 Å². The van der Waals surface area contributed by atoms with E-state index in [-0.39, 0.29) is 23.3 Å². The number of hydrogen-bond donors (Lipinski definition) is 1. The van der Waals surface area contributed by atoms with Crippen molar-refractivity contribution in [2.45, 2.75) is 43.1 Å². The zero-order chi connectivity index (χ0) is 20.3. The zero-order valence-electron chi connectivity index (χ0n) is 16.0. The Labute approximate surface area is 169 Å². The van der Waals surface area contributed by atoms with Gasteiger partial charge in [-0.1, -0.05) is 36.0 Å². The lowest BCUT2D eigenvalue weighted by molar-refractivity contribution is -0.115. The molecule has 150 valence electrons. The van der Waals surface area contributed by atoms with Gasteiger partial charge in [-0.25, -0.2) is 8.42 Å². The second-order valence-corrected chi connectivity index (χ2v) is 10.4. The molecular weight excluding hydrogens is 396 g/mol. The van der Waals surface area contributed by atoms with E-state index in [0.29, 0.717) is 23.9 Å². The van der Waals surface area contributed by atoms with Gasteiger partial charge in [0.05, 0.1) is 16.8 Å². The van der Waals surface area contributed by atoms with Gasteiger partial charge < -0.3 is 9.88 Å². The number of carbonyl (C=O) groups is 1. The second-order valence-electron chi connectivity index (χ2n) is 6.90. The molecule has 2 heterocycles. The van der Waals surface area contributed by atoms with Crippen LogP contribution in [-0.4, -0.2) is 45.8 Å². The van der Waals surface area contributed by atoms with Gasteiger partial charge in [0.25, 0.3) is 0 Å². The molecule has 1 aliphatic heterocycles. The Morgan fingerprint density at radius 2 is 2.18 bits per heavy atom. The first-order valence-electron chi connectivity index (χ1n) is 9.08. The first-order valence-corrected chi connectivity index (χ1v) is 11.8. The summed E-state index contributed by atoms with van der Waals surface area (Å²) in [6.07, 6.45) is 2.27. The standard InChI is InChI=1S/C19H24N4O3S2/c1-4-10-23-17(15-9-11-28(25,26)12-15)21-22-19(23)27-14(3)18(24)20-16-8-6-5-7-13(16)2/h4-8,14-15H,1,9-12H2,2-3H3,(H,20,24)/t14-,15+/m1/s1. The van der Waals surface area contributed by atoms with Gasteiger partial charge in [0.15, 0.2) is 15.0 Å². The van der Waals surface area contributed by atoms with Crippen molar-refractivity contribution >= 4 is 33.2 Å². The van der Waals surface area contributed by atoms with E-state index in [4.69, 9.17) is 0 Å². The van der Waals surface area contributed by atoms with Crippen molar-refractivity contribution in [3.8, 4) is 0 Å². The second kappa shape index (κ2) is 8.48. The van der Waals surface area contributed by atoms with Gasteiger partial charge in [-0.05, 0) is 31.9 Å². The summed E-state index contributed by atoms with van der Waals surface area (Å²) in [7, 11) is -3.02. The third kappa shape index (κ3) is 4.64. The van der Waals surface area contributed by atoms with Gasteiger partial charge >= 0.3 is 0 Å². The van der Waals surface area contributed by atoms with Crippen molar-refractivity contribution in [3.05, 3.63) is 48.3 Å². The first kappa shape index (κ1) is 20.6. The van der Waals surface area contributed by atoms with Crippen LogP contribution in [0.15, 0.2) is 42.1 Å². The molecule has 0 bridgehead atoms. The number of carbonyl (C=O) groups excluding carboxylic acids is 1. The zero-order valence-corrected chi connectivity index (χ0v) is 17.6. The van der Waals surface area contributed by atoms with E-state index < -0.39 is 15.1 Å². The van der Waals surface area contributed by atoms with Gasteiger partial charge in [0.1, 0.15) is 5.82 Å². The molecule has 1 saturated heterocycles. The summed E-state index contributed by atoms with van der Waals surface area (Å²) >= 11 is 1.30. The molecule has 0 aliphatic carbocycles. The minimum atomic E-state index is -3.02. The molecule has 1 aliphatic rings. The summed E-state index contributed by atoms with van der Waals surface area (Å²) in [5, 5.41) is 11.6. The highest BCUT2D eigenvalue weighted by molar-refractivity contribution is 8.00. The molecule has 0 radical (unpaired) electrons. The Kier molecular flexibility index (Phi) is 6.24. The van der Waals surface area contributed by atoms with Crippen molar-refractivity contribution in [1.82, 2.24) is 14.8 Å².